The molecule has 0 aromatic heterocycles. The third-order valence-corrected chi connectivity index (χ3v) is 7.12. The Balaban J connectivity index is 1.22. The molecule has 0 spiro atoms. The number of hydrogen-bond donors (Lipinski definition) is 4. The molecule has 0 radical (unpaired) electrons. The number of benzene rings is 3. The van der Waals surface area contributed by atoms with E-state index in [0.717, 1.165) is 48.0 Å². The normalized spacial score (nSPS) is 21.1. The third kappa shape index (κ3) is 6.63. The fraction of sp³-hybridized carbons (Fsp3) is 0.310. The van der Waals surface area contributed by atoms with Gasteiger partial charge in [-0.15, -0.1) is 0 Å². The second-order valence-corrected chi connectivity index (χ2v) is 10.0. The van der Waals surface area contributed by atoms with Crippen LogP contribution in [0.1, 0.15) is 35.4 Å². The van der Waals surface area contributed by atoms with Crippen molar-refractivity contribution in [2.45, 2.75) is 49.8 Å². The molecule has 4 atom stereocenters. The van der Waals surface area contributed by atoms with Crippen LogP contribution < -0.4 is 20.7 Å². The van der Waals surface area contributed by atoms with Crippen molar-refractivity contribution in [3.8, 4) is 5.75 Å². The molecule has 3 amide bonds. The Morgan fingerprint density at radius 3 is 2.38 bits per heavy atom. The van der Waals surface area contributed by atoms with E-state index < -0.39 is 53.6 Å². The van der Waals surface area contributed by atoms with Gasteiger partial charge in [-0.05, 0) is 67.1 Å². The highest BCUT2D eigenvalue weighted by Crippen LogP contribution is 2.47. The predicted molar refractivity (Wildman–Crippen MR) is 141 cm³/mol. The molecule has 5 rings (SSSR count). The summed E-state index contributed by atoms with van der Waals surface area (Å²) in [6.07, 6.45) is -6.14. The van der Waals surface area contributed by atoms with Crippen LogP contribution in [0.5, 0.6) is 5.75 Å². The first kappa shape index (κ1) is 29.3. The van der Waals surface area contributed by atoms with Gasteiger partial charge in [0.2, 0.25) is 5.91 Å². The maximum Gasteiger partial charge on any atom is 0.416 e. The molecule has 2 heterocycles. The SMILES string of the molecule is O=C(C[C@@H]1C[C@H]2c3cc(NC(=O)Nc4ccc(C(F)(F)F)cc4)ccc3O[C@H]2[C@@H](CO)O1)NCc1cc(F)ccc1F. The molecule has 0 saturated carbocycles. The molecule has 42 heavy (non-hydrogen) atoms. The molecule has 3 aromatic carbocycles. The number of alkyl halides is 3. The number of carbonyl (C=O) groups excluding carboxylic acids is 2. The summed E-state index contributed by atoms with van der Waals surface area (Å²) in [4.78, 5) is 25.1. The zero-order valence-corrected chi connectivity index (χ0v) is 21.9. The summed E-state index contributed by atoms with van der Waals surface area (Å²) in [5.74, 6) is -1.49. The summed E-state index contributed by atoms with van der Waals surface area (Å²) in [6.45, 7) is -0.581. The second-order valence-electron chi connectivity index (χ2n) is 10.0. The van der Waals surface area contributed by atoms with Crippen LogP contribution in [0.15, 0.2) is 60.7 Å². The van der Waals surface area contributed by atoms with Crippen LogP contribution in [0.4, 0.5) is 38.1 Å². The summed E-state index contributed by atoms with van der Waals surface area (Å²) < 4.78 is 77.6. The first-order valence-electron chi connectivity index (χ1n) is 13.0. The maximum atomic E-state index is 13.9. The topological polar surface area (TPSA) is 109 Å². The lowest BCUT2D eigenvalue weighted by atomic mass is 9.84. The number of aliphatic hydroxyl groups is 1. The van der Waals surface area contributed by atoms with Gasteiger partial charge < -0.3 is 30.5 Å². The van der Waals surface area contributed by atoms with E-state index in [1.807, 2.05) is 0 Å². The molecular weight excluding hydrogens is 565 g/mol. The molecule has 0 aliphatic carbocycles. The minimum Gasteiger partial charge on any atom is -0.487 e. The number of ether oxygens (including phenoxy) is 2. The van der Waals surface area contributed by atoms with Crippen LogP contribution in [0, 0.1) is 11.6 Å². The zero-order chi connectivity index (χ0) is 30.0. The average Bonchev–Trinajstić information content (AvgIpc) is 3.30. The van der Waals surface area contributed by atoms with E-state index >= 15 is 0 Å². The van der Waals surface area contributed by atoms with Gasteiger partial charge in [0.1, 0.15) is 29.6 Å². The number of fused-ring (bicyclic) bond motifs is 3. The smallest absolute Gasteiger partial charge is 0.416 e. The molecule has 0 bridgehead atoms. The van der Waals surface area contributed by atoms with Gasteiger partial charge in [0.05, 0.1) is 24.7 Å². The van der Waals surface area contributed by atoms with E-state index in [4.69, 9.17) is 9.47 Å². The molecule has 2 aliphatic rings. The molecule has 8 nitrogen and oxygen atoms in total. The van der Waals surface area contributed by atoms with Gasteiger partial charge in [-0.1, -0.05) is 0 Å². The van der Waals surface area contributed by atoms with Gasteiger partial charge >= 0.3 is 12.2 Å². The fourth-order valence-electron chi connectivity index (χ4n) is 5.15. The number of rotatable bonds is 7. The number of halogens is 5. The van der Waals surface area contributed by atoms with Crippen LogP contribution in [0.25, 0.3) is 0 Å². The van der Waals surface area contributed by atoms with E-state index in [1.54, 1.807) is 18.2 Å². The van der Waals surface area contributed by atoms with Crippen LogP contribution in [-0.4, -0.2) is 42.0 Å². The lowest BCUT2D eigenvalue weighted by molar-refractivity contribution is -0.142. The van der Waals surface area contributed by atoms with E-state index in [9.17, 15) is 36.6 Å². The van der Waals surface area contributed by atoms with Gasteiger partial charge in [-0.3, -0.25) is 4.79 Å². The number of carbonyl (C=O) groups is 2. The Morgan fingerprint density at radius 1 is 0.952 bits per heavy atom. The Kier molecular flexibility index (Phi) is 8.32. The number of anilines is 2. The first-order valence-corrected chi connectivity index (χ1v) is 13.0. The van der Waals surface area contributed by atoms with Gasteiger partial charge in [0, 0.05) is 35.0 Å². The van der Waals surface area contributed by atoms with E-state index in [-0.39, 0.29) is 36.7 Å². The summed E-state index contributed by atoms with van der Waals surface area (Å²) in [5, 5.41) is 17.6. The molecule has 3 aromatic rings. The number of aliphatic hydroxyl groups excluding tert-OH is 1. The molecule has 13 heteroatoms. The van der Waals surface area contributed by atoms with Crippen molar-refractivity contribution in [2.24, 2.45) is 0 Å². The summed E-state index contributed by atoms with van der Waals surface area (Å²) in [5.41, 5.74) is 0.445. The number of hydrogen-bond acceptors (Lipinski definition) is 5. The van der Waals surface area contributed by atoms with Crippen LogP contribution in [-0.2, 0) is 22.3 Å². The largest absolute Gasteiger partial charge is 0.487 e. The van der Waals surface area contributed by atoms with E-state index in [2.05, 4.69) is 16.0 Å². The zero-order valence-electron chi connectivity index (χ0n) is 21.9. The third-order valence-electron chi connectivity index (χ3n) is 7.12. The molecule has 4 N–H and O–H groups in total. The maximum absolute atomic E-state index is 13.9. The quantitative estimate of drug-likeness (QED) is 0.278. The Labute approximate surface area is 236 Å². The summed E-state index contributed by atoms with van der Waals surface area (Å²) >= 11 is 0. The van der Waals surface area contributed by atoms with Crippen molar-refractivity contribution in [1.82, 2.24) is 5.32 Å². The monoisotopic (exact) mass is 591 g/mol. The number of urea groups is 1. The van der Waals surface area contributed by atoms with Gasteiger partial charge in [0.15, 0.2) is 0 Å². The minimum absolute atomic E-state index is 0.00159. The standard InChI is InChI=1S/C29H26F5N3O5/c30-17-3-7-23(31)15(9-17)13-35-26(39)12-20-11-22-21-10-19(6-8-24(21)42-27(22)25(14-38)41-20)37-28(40)36-18-4-1-16(2-5-18)29(32,33)34/h1-10,20,22,25,27,38H,11-14H2,(H,35,39)(H2,36,37,40)/t20-,22-,25+,27+/m0/s1. The molecule has 1 saturated heterocycles. The molecule has 222 valence electrons. The predicted octanol–water partition coefficient (Wildman–Crippen LogP) is 5.33. The lowest BCUT2D eigenvalue weighted by Gasteiger charge is -2.37. The highest BCUT2D eigenvalue weighted by Gasteiger charge is 2.46. The Morgan fingerprint density at radius 2 is 1.67 bits per heavy atom. The van der Waals surface area contributed by atoms with Crippen molar-refractivity contribution < 1.29 is 46.1 Å². The van der Waals surface area contributed by atoms with Crippen molar-refractivity contribution in [3.63, 3.8) is 0 Å². The Hall–Kier alpha value is -4.23. The van der Waals surface area contributed by atoms with E-state index in [0.29, 0.717) is 17.9 Å². The molecular formula is C29H26F5N3O5. The van der Waals surface area contributed by atoms with Gasteiger partial charge in [0.25, 0.3) is 0 Å². The van der Waals surface area contributed by atoms with Crippen molar-refractivity contribution in [3.05, 3.63) is 89.0 Å². The van der Waals surface area contributed by atoms with Crippen LogP contribution in [0.3, 0.4) is 0 Å². The van der Waals surface area contributed by atoms with E-state index in [1.165, 1.54) is 0 Å². The van der Waals surface area contributed by atoms with Crippen LogP contribution >= 0.6 is 0 Å². The summed E-state index contributed by atoms with van der Waals surface area (Å²) in [7, 11) is 0. The van der Waals surface area contributed by atoms with Crippen LogP contribution in [0.2, 0.25) is 0 Å². The lowest BCUT2D eigenvalue weighted by Crippen LogP contribution is -2.47. The van der Waals surface area contributed by atoms with Crippen molar-refractivity contribution in [1.29, 1.82) is 0 Å². The van der Waals surface area contributed by atoms with Gasteiger partial charge in [-0.25, -0.2) is 13.6 Å². The number of nitrogens with one attached hydrogen (secondary N) is 3. The minimum atomic E-state index is -4.49. The fourth-order valence-corrected chi connectivity index (χ4v) is 5.15. The molecule has 0 unspecified atom stereocenters. The second kappa shape index (κ2) is 11.9. The first-order chi connectivity index (χ1) is 20.0. The van der Waals surface area contributed by atoms with Gasteiger partial charge in [-0.2, -0.15) is 13.2 Å². The van der Waals surface area contributed by atoms with Crippen molar-refractivity contribution in [2.75, 3.05) is 17.2 Å². The summed E-state index contributed by atoms with van der Waals surface area (Å²) in [6, 6.07) is 11.2. The average molecular weight is 592 g/mol. The Bertz CT molecular complexity index is 1470. The highest BCUT2D eigenvalue weighted by molar-refractivity contribution is 5.99. The molecule has 1 fully saturated rings. The van der Waals surface area contributed by atoms with Crippen molar-refractivity contribution >= 4 is 23.3 Å². The number of amides is 3. The molecule has 2 aliphatic heterocycles. The highest BCUT2D eigenvalue weighted by atomic mass is 19.4.